The van der Waals surface area contributed by atoms with Gasteiger partial charge in [-0.05, 0) is 74.1 Å². The molecule has 1 aromatic heterocycles. The lowest BCUT2D eigenvalue weighted by atomic mass is 10.00. The van der Waals surface area contributed by atoms with Gasteiger partial charge >= 0.3 is 0 Å². The number of nitrogens with zero attached hydrogens (tertiary/aromatic N) is 3. The van der Waals surface area contributed by atoms with Crippen LogP contribution >= 0.6 is 0 Å². The van der Waals surface area contributed by atoms with E-state index in [4.69, 9.17) is 4.74 Å². The first-order chi connectivity index (χ1) is 16.0. The van der Waals surface area contributed by atoms with Gasteiger partial charge < -0.3 is 15.0 Å². The minimum Gasteiger partial charge on any atom is -0.381 e. The molecule has 0 spiro atoms. The number of likely N-dealkylation sites (tertiary alicyclic amines) is 1. The highest BCUT2D eigenvalue weighted by molar-refractivity contribution is 5.68. The summed E-state index contributed by atoms with van der Waals surface area (Å²) in [6.45, 7) is 6.92. The summed E-state index contributed by atoms with van der Waals surface area (Å²) < 4.78 is 46.9. The average Bonchev–Trinajstić information content (AvgIpc) is 3.34. The first kappa shape index (κ1) is 22.6. The molecule has 1 saturated carbocycles. The molecule has 33 heavy (non-hydrogen) atoms. The number of halogens is 3. The second-order valence-corrected chi connectivity index (χ2v) is 9.90. The lowest BCUT2D eigenvalue weighted by Gasteiger charge is -2.27. The van der Waals surface area contributed by atoms with Crippen LogP contribution in [0.25, 0.3) is 11.3 Å². The Morgan fingerprint density at radius 2 is 1.82 bits per heavy atom. The van der Waals surface area contributed by atoms with Gasteiger partial charge in [0.2, 0.25) is 0 Å². The van der Waals surface area contributed by atoms with Crippen LogP contribution in [0.15, 0.2) is 24.3 Å². The monoisotopic (exact) mass is 460 g/mol. The van der Waals surface area contributed by atoms with Crippen molar-refractivity contribution in [3.05, 3.63) is 41.2 Å². The maximum Gasteiger partial charge on any atom is 0.266 e. The van der Waals surface area contributed by atoms with E-state index < -0.39 is 12.2 Å². The van der Waals surface area contributed by atoms with Crippen LogP contribution < -0.4 is 5.32 Å². The third-order valence-electron chi connectivity index (χ3n) is 7.55. The van der Waals surface area contributed by atoms with Crippen LogP contribution in [0.4, 0.5) is 19.0 Å². The summed E-state index contributed by atoms with van der Waals surface area (Å²) in [6, 6.07) is 5.71. The zero-order valence-corrected chi connectivity index (χ0v) is 18.9. The molecule has 178 valence electrons. The van der Waals surface area contributed by atoms with E-state index in [1.807, 2.05) is 0 Å². The Balaban J connectivity index is 1.23. The van der Waals surface area contributed by atoms with Crippen LogP contribution in [-0.2, 0) is 4.74 Å². The maximum absolute atomic E-state index is 13.9. The quantitative estimate of drug-likeness (QED) is 0.652. The molecule has 1 aliphatic carbocycles. The molecule has 2 saturated heterocycles. The summed E-state index contributed by atoms with van der Waals surface area (Å²) in [7, 11) is 0. The summed E-state index contributed by atoms with van der Waals surface area (Å²) >= 11 is 0. The van der Waals surface area contributed by atoms with Gasteiger partial charge in [-0.15, -0.1) is 10.2 Å². The summed E-state index contributed by atoms with van der Waals surface area (Å²) in [6.07, 6.45) is 1.63. The number of benzene rings is 1. The van der Waals surface area contributed by atoms with E-state index >= 15 is 0 Å². The summed E-state index contributed by atoms with van der Waals surface area (Å²) in [4.78, 5) is 2.60. The predicted molar refractivity (Wildman–Crippen MR) is 121 cm³/mol. The fourth-order valence-corrected chi connectivity index (χ4v) is 5.87. The second kappa shape index (κ2) is 9.58. The predicted octanol–water partition coefficient (Wildman–Crippen LogP) is 5.08. The van der Waals surface area contributed by atoms with E-state index in [1.165, 1.54) is 24.7 Å². The molecule has 5 nitrogen and oxygen atoms in total. The van der Waals surface area contributed by atoms with Crippen LogP contribution in [0.2, 0.25) is 0 Å². The zero-order chi connectivity index (χ0) is 22.9. The van der Waals surface area contributed by atoms with Crippen molar-refractivity contribution in [1.29, 1.82) is 0 Å². The maximum atomic E-state index is 13.9. The molecule has 1 aromatic carbocycles. The standard InChI is InChI=1S/C25H31F3N4O/c1-15-2-3-19(26)10-21(15)24-22(25(27)28)11-23(30-31-24)29-20-8-17-13-32(14-18(17)9-20)12-16-4-6-33-7-5-16/h2-3,10-11,16-18,20,25H,4-9,12-14H2,1H3,(H,29,30)/t17-,18+,20+. The van der Waals surface area contributed by atoms with E-state index in [-0.39, 0.29) is 17.3 Å². The van der Waals surface area contributed by atoms with E-state index in [0.717, 1.165) is 57.9 Å². The number of nitrogens with one attached hydrogen (secondary N) is 1. The Morgan fingerprint density at radius 1 is 1.09 bits per heavy atom. The number of hydrogen-bond donors (Lipinski definition) is 1. The highest BCUT2D eigenvalue weighted by Gasteiger charge is 2.41. The largest absolute Gasteiger partial charge is 0.381 e. The van der Waals surface area contributed by atoms with Crippen molar-refractivity contribution in [2.75, 3.05) is 38.2 Å². The molecule has 0 unspecified atom stereocenters. The molecule has 3 heterocycles. The topological polar surface area (TPSA) is 50.3 Å². The minimum absolute atomic E-state index is 0.0413. The Labute approximate surface area is 192 Å². The van der Waals surface area contributed by atoms with Crippen molar-refractivity contribution in [1.82, 2.24) is 15.1 Å². The first-order valence-electron chi connectivity index (χ1n) is 11.9. The van der Waals surface area contributed by atoms with Crippen molar-refractivity contribution in [2.24, 2.45) is 17.8 Å². The molecule has 1 N–H and O–H groups in total. The van der Waals surface area contributed by atoms with Gasteiger partial charge in [0.15, 0.2) is 0 Å². The third-order valence-corrected chi connectivity index (χ3v) is 7.55. The van der Waals surface area contributed by atoms with Crippen molar-refractivity contribution >= 4 is 5.82 Å². The van der Waals surface area contributed by atoms with Gasteiger partial charge in [0.1, 0.15) is 17.3 Å². The normalized spacial score (nSPS) is 26.2. The second-order valence-electron chi connectivity index (χ2n) is 9.90. The minimum atomic E-state index is -2.72. The molecule has 3 atom stereocenters. The van der Waals surface area contributed by atoms with Crippen molar-refractivity contribution in [3.8, 4) is 11.3 Å². The molecule has 5 rings (SSSR count). The number of rotatable bonds is 6. The number of anilines is 1. The molecule has 0 bridgehead atoms. The summed E-state index contributed by atoms with van der Waals surface area (Å²) in [5.41, 5.74) is 0.855. The van der Waals surface area contributed by atoms with Gasteiger partial charge in [-0.2, -0.15) is 0 Å². The van der Waals surface area contributed by atoms with E-state index in [2.05, 4.69) is 20.4 Å². The van der Waals surface area contributed by atoms with Gasteiger partial charge in [-0.1, -0.05) is 6.07 Å². The smallest absolute Gasteiger partial charge is 0.266 e. The average molecular weight is 461 g/mol. The number of hydrogen-bond acceptors (Lipinski definition) is 5. The lowest BCUT2D eigenvalue weighted by Crippen LogP contribution is -2.32. The van der Waals surface area contributed by atoms with Crippen LogP contribution in [0.3, 0.4) is 0 Å². The van der Waals surface area contributed by atoms with E-state index in [1.54, 1.807) is 13.0 Å². The van der Waals surface area contributed by atoms with Gasteiger partial charge in [0, 0.05) is 50.0 Å². The van der Waals surface area contributed by atoms with Crippen molar-refractivity contribution < 1.29 is 17.9 Å². The number of ether oxygens (including phenoxy) is 1. The fourth-order valence-electron chi connectivity index (χ4n) is 5.87. The lowest BCUT2D eigenvalue weighted by molar-refractivity contribution is 0.0545. The fraction of sp³-hybridized carbons (Fsp3) is 0.600. The number of aryl methyl sites for hydroxylation is 1. The first-order valence-corrected chi connectivity index (χ1v) is 11.9. The summed E-state index contributed by atoms with van der Waals surface area (Å²) in [5.74, 6) is 1.91. The summed E-state index contributed by atoms with van der Waals surface area (Å²) in [5, 5.41) is 11.6. The van der Waals surface area contributed by atoms with Gasteiger partial charge in [-0.3, -0.25) is 0 Å². The molecule has 8 heteroatoms. The molecule has 2 aromatic rings. The SMILES string of the molecule is Cc1ccc(F)cc1-c1nnc(N[C@H]2C[C@@H]3CN(CC4CCOCC4)C[C@@H]3C2)cc1C(F)F. The zero-order valence-electron chi connectivity index (χ0n) is 18.9. The molecule has 0 radical (unpaired) electrons. The van der Waals surface area contributed by atoms with Crippen LogP contribution in [0, 0.1) is 30.5 Å². The molecule has 2 aliphatic heterocycles. The van der Waals surface area contributed by atoms with Crippen LogP contribution in [0.1, 0.15) is 43.2 Å². The van der Waals surface area contributed by atoms with E-state index in [0.29, 0.717) is 28.8 Å². The molecular formula is C25H31F3N4O. The molecule has 3 fully saturated rings. The molecule has 0 amide bonds. The number of alkyl halides is 2. The number of fused-ring (bicyclic) bond motifs is 1. The Bertz CT molecular complexity index is 968. The highest BCUT2D eigenvalue weighted by Crippen LogP contribution is 2.40. The van der Waals surface area contributed by atoms with Crippen LogP contribution in [-0.4, -0.2) is 54.0 Å². The Hall–Kier alpha value is -2.19. The van der Waals surface area contributed by atoms with Crippen LogP contribution in [0.5, 0.6) is 0 Å². The van der Waals surface area contributed by atoms with Gasteiger partial charge in [0.05, 0.1) is 0 Å². The molecule has 3 aliphatic rings. The van der Waals surface area contributed by atoms with Crippen molar-refractivity contribution in [3.63, 3.8) is 0 Å². The molecular weight excluding hydrogens is 429 g/mol. The number of aromatic nitrogens is 2. The Kier molecular flexibility index (Phi) is 6.56. The van der Waals surface area contributed by atoms with Crippen molar-refractivity contribution in [2.45, 2.75) is 45.1 Å². The highest BCUT2D eigenvalue weighted by atomic mass is 19.3. The van der Waals surface area contributed by atoms with E-state index in [9.17, 15) is 13.2 Å². The Morgan fingerprint density at radius 3 is 2.52 bits per heavy atom. The third kappa shape index (κ3) is 5.01. The van der Waals surface area contributed by atoms with Gasteiger partial charge in [0.25, 0.3) is 6.43 Å². The van der Waals surface area contributed by atoms with Gasteiger partial charge in [-0.25, -0.2) is 13.2 Å².